The van der Waals surface area contributed by atoms with E-state index in [9.17, 15) is 4.79 Å². The zero-order valence-corrected chi connectivity index (χ0v) is 16.1. The van der Waals surface area contributed by atoms with Crippen molar-refractivity contribution >= 4 is 16.8 Å². The van der Waals surface area contributed by atoms with Gasteiger partial charge in [-0.1, -0.05) is 24.3 Å². The topological polar surface area (TPSA) is 64.7 Å². The number of pyridine rings is 1. The van der Waals surface area contributed by atoms with Crippen molar-refractivity contribution in [3.8, 4) is 5.82 Å². The highest BCUT2D eigenvalue weighted by Gasteiger charge is 2.13. The number of hydrogen-bond donors (Lipinski definition) is 1. The highest BCUT2D eigenvalue weighted by molar-refractivity contribution is 5.83. The molecule has 4 rings (SSSR count). The first-order chi connectivity index (χ1) is 13.6. The van der Waals surface area contributed by atoms with Crippen LogP contribution in [0, 0.1) is 13.8 Å². The van der Waals surface area contributed by atoms with Crippen LogP contribution in [0.2, 0.25) is 0 Å². The van der Waals surface area contributed by atoms with E-state index in [4.69, 9.17) is 0 Å². The molecule has 0 fully saturated rings. The number of benzene rings is 1. The Kier molecular flexibility index (Phi) is 4.93. The maximum Gasteiger partial charge on any atom is 0.239 e. The van der Waals surface area contributed by atoms with Crippen LogP contribution in [0.4, 0.5) is 0 Å². The molecule has 6 nitrogen and oxygen atoms in total. The Balaban J connectivity index is 1.39. The Labute approximate surface area is 163 Å². The lowest BCUT2D eigenvalue weighted by molar-refractivity contribution is -0.121. The van der Waals surface area contributed by atoms with Gasteiger partial charge in [-0.25, -0.2) is 9.67 Å². The van der Waals surface area contributed by atoms with Crippen molar-refractivity contribution in [2.24, 2.45) is 0 Å². The minimum Gasteiger partial charge on any atom is -0.354 e. The first kappa shape index (κ1) is 18.0. The fourth-order valence-electron chi connectivity index (χ4n) is 3.55. The lowest BCUT2D eigenvalue weighted by atomic mass is 10.1. The summed E-state index contributed by atoms with van der Waals surface area (Å²) in [5.74, 6) is 0.812. The Bertz CT molecular complexity index is 1110. The molecule has 3 aromatic heterocycles. The second-order valence-corrected chi connectivity index (χ2v) is 6.85. The normalized spacial score (nSPS) is 11.1. The number of nitrogens with one attached hydrogen (secondary N) is 1. The molecule has 3 heterocycles. The first-order valence-corrected chi connectivity index (χ1v) is 9.40. The van der Waals surface area contributed by atoms with Gasteiger partial charge in [-0.15, -0.1) is 0 Å². The van der Waals surface area contributed by atoms with Gasteiger partial charge in [0.1, 0.15) is 6.54 Å². The van der Waals surface area contributed by atoms with E-state index in [0.717, 1.165) is 40.1 Å². The zero-order valence-electron chi connectivity index (χ0n) is 16.1. The molecule has 0 aliphatic carbocycles. The molecule has 1 N–H and O–H groups in total. The molecule has 0 saturated heterocycles. The summed E-state index contributed by atoms with van der Waals surface area (Å²) in [6, 6.07) is 15.9. The molecule has 0 saturated carbocycles. The Morgan fingerprint density at radius 3 is 2.71 bits per heavy atom. The molecular weight excluding hydrogens is 350 g/mol. The van der Waals surface area contributed by atoms with E-state index in [2.05, 4.69) is 21.5 Å². The highest BCUT2D eigenvalue weighted by atomic mass is 16.1. The van der Waals surface area contributed by atoms with E-state index in [1.807, 2.05) is 71.8 Å². The van der Waals surface area contributed by atoms with E-state index in [1.165, 1.54) is 0 Å². The predicted molar refractivity (Wildman–Crippen MR) is 109 cm³/mol. The van der Waals surface area contributed by atoms with Crippen molar-refractivity contribution < 1.29 is 4.79 Å². The van der Waals surface area contributed by atoms with Crippen LogP contribution in [0.3, 0.4) is 0 Å². The maximum absolute atomic E-state index is 12.4. The number of para-hydroxylation sites is 1. The number of hydrogen-bond acceptors (Lipinski definition) is 3. The minimum absolute atomic E-state index is 0.00813. The number of rotatable bonds is 6. The van der Waals surface area contributed by atoms with Gasteiger partial charge in [-0.05, 0) is 55.5 Å². The standard InChI is InChI=1S/C22H23N5O/c1-16-19(17(2)27(25-16)21-9-5-6-12-23-21)10-13-24-22(28)15-26-14-11-18-7-3-4-8-20(18)26/h3-9,11-12,14H,10,13,15H2,1-2H3,(H,24,28). The molecule has 0 bridgehead atoms. The number of aromatic nitrogens is 4. The van der Waals surface area contributed by atoms with E-state index in [1.54, 1.807) is 6.20 Å². The third kappa shape index (κ3) is 3.53. The molecule has 142 valence electrons. The number of fused-ring (bicyclic) bond motifs is 1. The summed E-state index contributed by atoms with van der Waals surface area (Å²) in [4.78, 5) is 16.7. The quantitative estimate of drug-likeness (QED) is 0.564. The lowest BCUT2D eigenvalue weighted by Crippen LogP contribution is -2.29. The molecule has 6 heteroatoms. The number of nitrogens with zero attached hydrogens (tertiary/aromatic N) is 4. The predicted octanol–water partition coefficient (Wildman–Crippen LogP) is 3.20. The maximum atomic E-state index is 12.4. The second-order valence-electron chi connectivity index (χ2n) is 6.85. The van der Waals surface area contributed by atoms with Crippen LogP contribution >= 0.6 is 0 Å². The Morgan fingerprint density at radius 2 is 1.89 bits per heavy atom. The van der Waals surface area contributed by atoms with Crippen molar-refractivity contribution in [3.63, 3.8) is 0 Å². The molecule has 28 heavy (non-hydrogen) atoms. The summed E-state index contributed by atoms with van der Waals surface area (Å²) in [5.41, 5.74) is 4.24. The Morgan fingerprint density at radius 1 is 1.07 bits per heavy atom. The van der Waals surface area contributed by atoms with E-state index < -0.39 is 0 Å². The molecule has 0 aliphatic rings. The van der Waals surface area contributed by atoms with Gasteiger partial charge in [0.25, 0.3) is 0 Å². The van der Waals surface area contributed by atoms with Crippen LogP contribution in [0.5, 0.6) is 0 Å². The van der Waals surface area contributed by atoms with Crippen molar-refractivity contribution in [2.45, 2.75) is 26.8 Å². The Hall–Kier alpha value is -3.41. The molecule has 0 unspecified atom stereocenters. The number of carbonyl (C=O) groups excluding carboxylic acids is 1. The van der Waals surface area contributed by atoms with Crippen LogP contribution in [-0.4, -0.2) is 31.8 Å². The fourth-order valence-corrected chi connectivity index (χ4v) is 3.55. The number of aryl methyl sites for hydroxylation is 1. The van der Waals surface area contributed by atoms with Gasteiger partial charge in [0.05, 0.1) is 5.69 Å². The summed E-state index contributed by atoms with van der Waals surface area (Å²) in [5, 5.41) is 8.78. The second kappa shape index (κ2) is 7.68. The number of carbonyl (C=O) groups is 1. The molecule has 0 aliphatic heterocycles. The summed E-state index contributed by atoms with van der Waals surface area (Å²) in [6.45, 7) is 4.93. The third-order valence-electron chi connectivity index (χ3n) is 5.00. The van der Waals surface area contributed by atoms with Crippen LogP contribution in [0.1, 0.15) is 17.0 Å². The SMILES string of the molecule is Cc1nn(-c2ccccn2)c(C)c1CCNC(=O)Cn1ccc2ccccc21. The molecule has 0 spiro atoms. The van der Waals surface area contributed by atoms with Crippen LogP contribution < -0.4 is 5.32 Å². The number of amides is 1. The van der Waals surface area contributed by atoms with Gasteiger partial charge in [-0.3, -0.25) is 4.79 Å². The summed E-state index contributed by atoms with van der Waals surface area (Å²) in [7, 11) is 0. The van der Waals surface area contributed by atoms with Crippen LogP contribution in [0.25, 0.3) is 16.7 Å². The van der Waals surface area contributed by atoms with Gasteiger partial charge in [0.15, 0.2) is 5.82 Å². The summed E-state index contributed by atoms with van der Waals surface area (Å²) in [6.07, 6.45) is 4.45. The van der Waals surface area contributed by atoms with Gasteiger partial charge in [0, 0.05) is 30.1 Å². The molecule has 1 amide bonds. The van der Waals surface area contributed by atoms with Gasteiger partial charge in [0.2, 0.25) is 5.91 Å². The zero-order chi connectivity index (χ0) is 19.5. The summed E-state index contributed by atoms with van der Waals surface area (Å²) >= 11 is 0. The average Bonchev–Trinajstić information content (AvgIpc) is 3.24. The largest absolute Gasteiger partial charge is 0.354 e. The third-order valence-corrected chi connectivity index (χ3v) is 5.00. The summed E-state index contributed by atoms with van der Waals surface area (Å²) < 4.78 is 3.83. The molecule has 0 atom stereocenters. The van der Waals surface area contributed by atoms with E-state index >= 15 is 0 Å². The van der Waals surface area contributed by atoms with Gasteiger partial charge in [-0.2, -0.15) is 5.10 Å². The molecule has 1 aromatic carbocycles. The van der Waals surface area contributed by atoms with Crippen LogP contribution in [-0.2, 0) is 17.8 Å². The minimum atomic E-state index is 0.00813. The smallest absolute Gasteiger partial charge is 0.239 e. The monoisotopic (exact) mass is 373 g/mol. The van der Waals surface area contributed by atoms with Gasteiger partial charge < -0.3 is 9.88 Å². The molecular formula is C22H23N5O. The highest BCUT2D eigenvalue weighted by Crippen LogP contribution is 2.17. The van der Waals surface area contributed by atoms with Gasteiger partial charge >= 0.3 is 0 Å². The fraction of sp³-hybridized carbons (Fsp3) is 0.227. The first-order valence-electron chi connectivity index (χ1n) is 9.40. The molecule has 0 radical (unpaired) electrons. The van der Waals surface area contributed by atoms with E-state index in [-0.39, 0.29) is 5.91 Å². The van der Waals surface area contributed by atoms with Crippen molar-refractivity contribution in [3.05, 3.63) is 77.9 Å². The average molecular weight is 373 g/mol. The van der Waals surface area contributed by atoms with Crippen LogP contribution in [0.15, 0.2) is 60.9 Å². The van der Waals surface area contributed by atoms with Crippen molar-refractivity contribution in [1.29, 1.82) is 0 Å². The lowest BCUT2D eigenvalue weighted by Gasteiger charge is -2.08. The van der Waals surface area contributed by atoms with Crippen molar-refractivity contribution in [1.82, 2.24) is 24.6 Å². The van der Waals surface area contributed by atoms with E-state index in [0.29, 0.717) is 13.1 Å². The molecule has 4 aromatic rings. The van der Waals surface area contributed by atoms with Crippen molar-refractivity contribution in [2.75, 3.05) is 6.54 Å².